The first-order chi connectivity index (χ1) is 8.41. The molecule has 1 aliphatic rings. The fourth-order valence-corrected chi connectivity index (χ4v) is 3.36. The minimum Gasteiger partial charge on any atom is -0.348 e. The molecule has 18 heavy (non-hydrogen) atoms. The summed E-state index contributed by atoms with van der Waals surface area (Å²) in [5.74, 6) is 0. The Morgan fingerprint density at radius 2 is 2.11 bits per heavy atom. The first-order valence-corrected chi connectivity index (χ1v) is 6.89. The van der Waals surface area contributed by atoms with Gasteiger partial charge in [0.1, 0.15) is 0 Å². The molecule has 1 aromatic carbocycles. The SMILES string of the molecule is CCCC1Sc2ccc(C(F)(F)F)cc2NC1=S. The van der Waals surface area contributed by atoms with Gasteiger partial charge in [0.15, 0.2) is 0 Å². The molecule has 0 aromatic heterocycles. The standard InChI is InChI=1S/C12H12F3NS2/c1-2-3-10-11(17)16-8-6-7(12(13,14)15)4-5-9(8)18-10/h4-6,10H,2-3H2,1H3,(H,16,17). The Morgan fingerprint density at radius 1 is 1.39 bits per heavy atom. The van der Waals surface area contributed by atoms with Gasteiger partial charge in [-0.25, -0.2) is 0 Å². The molecule has 0 bridgehead atoms. The Kier molecular flexibility index (Phi) is 3.87. The average Bonchev–Trinajstić information content (AvgIpc) is 2.28. The van der Waals surface area contributed by atoms with E-state index in [-0.39, 0.29) is 5.25 Å². The van der Waals surface area contributed by atoms with E-state index in [1.165, 1.54) is 17.8 Å². The van der Waals surface area contributed by atoms with Gasteiger partial charge in [0, 0.05) is 4.90 Å². The van der Waals surface area contributed by atoms with Crippen molar-refractivity contribution in [1.29, 1.82) is 0 Å². The lowest BCUT2D eigenvalue weighted by atomic mass is 10.1. The Bertz CT molecular complexity index is 471. The molecule has 0 fully saturated rings. The van der Waals surface area contributed by atoms with Crippen LogP contribution in [0.2, 0.25) is 0 Å². The molecule has 1 N–H and O–H groups in total. The molecule has 0 saturated carbocycles. The highest BCUT2D eigenvalue weighted by Gasteiger charge is 2.32. The average molecular weight is 291 g/mol. The smallest absolute Gasteiger partial charge is 0.348 e. The van der Waals surface area contributed by atoms with E-state index in [0.717, 1.165) is 29.9 Å². The molecule has 0 spiro atoms. The molecular formula is C12H12F3NS2. The van der Waals surface area contributed by atoms with E-state index in [4.69, 9.17) is 12.2 Å². The van der Waals surface area contributed by atoms with Crippen molar-refractivity contribution in [3.8, 4) is 0 Å². The topological polar surface area (TPSA) is 12.0 Å². The molecule has 1 nitrogen and oxygen atoms in total. The van der Waals surface area contributed by atoms with Crippen LogP contribution in [0.5, 0.6) is 0 Å². The number of anilines is 1. The number of halogens is 3. The maximum atomic E-state index is 12.6. The molecular weight excluding hydrogens is 279 g/mol. The van der Waals surface area contributed by atoms with E-state index >= 15 is 0 Å². The highest BCUT2D eigenvalue weighted by molar-refractivity contribution is 8.02. The minimum absolute atomic E-state index is 0.161. The summed E-state index contributed by atoms with van der Waals surface area (Å²) in [4.78, 5) is 1.45. The third-order valence-electron chi connectivity index (χ3n) is 2.68. The summed E-state index contributed by atoms with van der Waals surface area (Å²) in [5, 5.41) is 3.08. The fourth-order valence-electron chi connectivity index (χ4n) is 1.78. The number of fused-ring (bicyclic) bond motifs is 1. The van der Waals surface area contributed by atoms with Crippen molar-refractivity contribution < 1.29 is 13.2 Å². The second-order valence-corrected chi connectivity index (χ2v) is 5.78. The molecule has 6 heteroatoms. The van der Waals surface area contributed by atoms with E-state index in [2.05, 4.69) is 12.2 Å². The Morgan fingerprint density at radius 3 is 2.72 bits per heavy atom. The Balaban J connectivity index is 2.29. The van der Waals surface area contributed by atoms with E-state index in [1.807, 2.05) is 0 Å². The quantitative estimate of drug-likeness (QED) is 0.792. The first kappa shape index (κ1) is 13.7. The predicted molar refractivity (Wildman–Crippen MR) is 72.2 cm³/mol. The van der Waals surface area contributed by atoms with Gasteiger partial charge in [0.2, 0.25) is 0 Å². The number of thiocarbonyl (C=S) groups is 1. The molecule has 98 valence electrons. The minimum atomic E-state index is -4.32. The maximum Gasteiger partial charge on any atom is 0.416 e. The van der Waals surface area contributed by atoms with E-state index in [9.17, 15) is 13.2 Å². The van der Waals surface area contributed by atoms with Crippen molar-refractivity contribution in [1.82, 2.24) is 0 Å². The number of rotatable bonds is 2. The van der Waals surface area contributed by atoms with Crippen LogP contribution in [0.1, 0.15) is 25.3 Å². The monoisotopic (exact) mass is 291 g/mol. The number of nitrogens with one attached hydrogen (secondary N) is 1. The van der Waals surface area contributed by atoms with Crippen LogP contribution in [-0.4, -0.2) is 10.2 Å². The fraction of sp³-hybridized carbons (Fsp3) is 0.417. The summed E-state index contributed by atoms with van der Waals surface area (Å²) in [7, 11) is 0. The van der Waals surface area contributed by atoms with Gasteiger partial charge >= 0.3 is 6.18 Å². The lowest BCUT2D eigenvalue weighted by Gasteiger charge is -2.26. The van der Waals surface area contributed by atoms with Gasteiger partial charge in [-0.05, 0) is 24.6 Å². The molecule has 1 aliphatic heterocycles. The van der Waals surface area contributed by atoms with Crippen LogP contribution in [0.15, 0.2) is 23.1 Å². The van der Waals surface area contributed by atoms with Crippen molar-refractivity contribution in [3.63, 3.8) is 0 Å². The van der Waals surface area contributed by atoms with Crippen molar-refractivity contribution >= 4 is 34.7 Å². The summed E-state index contributed by atoms with van der Waals surface area (Å²) >= 11 is 6.73. The Labute approximate surface area is 113 Å². The van der Waals surface area contributed by atoms with Crippen LogP contribution < -0.4 is 5.32 Å². The van der Waals surface area contributed by atoms with Crippen molar-refractivity contribution in [2.24, 2.45) is 0 Å². The van der Waals surface area contributed by atoms with Gasteiger partial charge in [-0.1, -0.05) is 25.6 Å². The summed E-state index contributed by atoms with van der Waals surface area (Å²) in [5.41, 5.74) is -0.182. The second kappa shape index (κ2) is 5.09. The first-order valence-electron chi connectivity index (χ1n) is 5.60. The Hall–Kier alpha value is -0.750. The molecule has 2 rings (SSSR count). The summed E-state index contributed by atoms with van der Waals surface area (Å²) < 4.78 is 37.8. The lowest BCUT2D eigenvalue weighted by Crippen LogP contribution is -2.27. The third-order valence-corrected chi connectivity index (χ3v) is 4.58. The molecule has 0 radical (unpaired) electrons. The molecule has 1 aromatic rings. The van der Waals surface area contributed by atoms with Crippen molar-refractivity contribution in [2.75, 3.05) is 5.32 Å². The number of hydrogen-bond acceptors (Lipinski definition) is 2. The largest absolute Gasteiger partial charge is 0.416 e. The van der Waals surface area contributed by atoms with Crippen LogP contribution in [-0.2, 0) is 6.18 Å². The van der Waals surface area contributed by atoms with Gasteiger partial charge in [-0.2, -0.15) is 13.2 Å². The number of alkyl halides is 3. The van der Waals surface area contributed by atoms with E-state index < -0.39 is 11.7 Å². The van der Waals surface area contributed by atoms with Gasteiger partial charge in [0.05, 0.1) is 21.5 Å². The maximum absolute atomic E-state index is 12.6. The molecule has 0 amide bonds. The number of hydrogen-bond donors (Lipinski definition) is 1. The third kappa shape index (κ3) is 2.80. The zero-order chi connectivity index (χ0) is 13.3. The number of benzene rings is 1. The van der Waals surface area contributed by atoms with Crippen molar-refractivity contribution in [3.05, 3.63) is 23.8 Å². The molecule has 1 unspecified atom stereocenters. The zero-order valence-electron chi connectivity index (χ0n) is 9.67. The zero-order valence-corrected chi connectivity index (χ0v) is 11.3. The van der Waals surface area contributed by atoms with Gasteiger partial charge < -0.3 is 5.32 Å². The highest BCUT2D eigenvalue weighted by Crippen LogP contribution is 2.41. The summed E-state index contributed by atoms with van der Waals surface area (Å²) in [6.45, 7) is 2.06. The molecule has 0 saturated heterocycles. The normalized spacial score (nSPS) is 19.3. The van der Waals surface area contributed by atoms with E-state index in [0.29, 0.717) is 10.7 Å². The highest BCUT2D eigenvalue weighted by atomic mass is 32.2. The van der Waals surface area contributed by atoms with Crippen molar-refractivity contribution in [2.45, 2.75) is 36.1 Å². The van der Waals surface area contributed by atoms with Gasteiger partial charge in [-0.15, -0.1) is 11.8 Å². The molecule has 1 atom stereocenters. The molecule has 1 heterocycles. The lowest BCUT2D eigenvalue weighted by molar-refractivity contribution is -0.137. The van der Waals surface area contributed by atoms with Crippen LogP contribution in [0.3, 0.4) is 0 Å². The summed E-state index contributed by atoms with van der Waals surface area (Å²) in [6, 6.07) is 3.75. The summed E-state index contributed by atoms with van der Waals surface area (Å²) in [6.07, 6.45) is -2.39. The van der Waals surface area contributed by atoms with Crippen LogP contribution in [0.4, 0.5) is 18.9 Å². The van der Waals surface area contributed by atoms with Crippen LogP contribution in [0.25, 0.3) is 0 Å². The predicted octanol–water partition coefficient (Wildman–Crippen LogP) is 4.72. The van der Waals surface area contributed by atoms with Gasteiger partial charge in [0.25, 0.3) is 0 Å². The van der Waals surface area contributed by atoms with Gasteiger partial charge in [-0.3, -0.25) is 0 Å². The number of thioether (sulfide) groups is 1. The second-order valence-electron chi connectivity index (χ2n) is 4.09. The van der Waals surface area contributed by atoms with Crippen LogP contribution in [0, 0.1) is 0 Å². The van der Waals surface area contributed by atoms with Crippen LogP contribution >= 0.6 is 24.0 Å². The molecule has 0 aliphatic carbocycles. The van der Waals surface area contributed by atoms with E-state index in [1.54, 1.807) is 0 Å².